The number of halogens is 3. The van der Waals surface area contributed by atoms with Crippen molar-refractivity contribution in [3.05, 3.63) is 42.7 Å². The summed E-state index contributed by atoms with van der Waals surface area (Å²) in [7, 11) is -3.49. The Morgan fingerprint density at radius 3 is 2.50 bits per heavy atom. The Kier molecular flexibility index (Phi) is 6.65. The van der Waals surface area contributed by atoms with Gasteiger partial charge in [0.1, 0.15) is 12.3 Å². The third kappa shape index (κ3) is 5.88. The Hall–Kier alpha value is -2.86. The van der Waals surface area contributed by atoms with Gasteiger partial charge in [-0.3, -0.25) is 0 Å². The molecule has 3 aromatic rings. The SMILES string of the molecule is CC(C)Oc1ccc(S(C)(=O)=O)cc1NC(=S)Nc1cccc2ncn(CC(F)(F)F)c12. The van der Waals surface area contributed by atoms with Gasteiger partial charge in [0.25, 0.3) is 0 Å². The molecule has 0 aliphatic rings. The molecule has 0 fully saturated rings. The average Bonchev–Trinajstić information content (AvgIpc) is 3.04. The van der Waals surface area contributed by atoms with Gasteiger partial charge in [0.15, 0.2) is 14.9 Å². The van der Waals surface area contributed by atoms with Gasteiger partial charge in [0.05, 0.1) is 39.7 Å². The molecule has 32 heavy (non-hydrogen) atoms. The van der Waals surface area contributed by atoms with Crippen LogP contribution >= 0.6 is 12.2 Å². The maximum Gasteiger partial charge on any atom is 0.406 e. The molecule has 2 N–H and O–H groups in total. The first-order valence-electron chi connectivity index (χ1n) is 9.43. The molecule has 0 amide bonds. The number of rotatable bonds is 6. The number of imidazole rings is 1. The topological polar surface area (TPSA) is 85.2 Å². The maximum absolute atomic E-state index is 12.9. The van der Waals surface area contributed by atoms with E-state index in [0.717, 1.165) is 17.2 Å². The second-order valence-corrected chi connectivity index (χ2v) is 9.76. The van der Waals surface area contributed by atoms with E-state index < -0.39 is 22.6 Å². The largest absolute Gasteiger partial charge is 0.489 e. The summed E-state index contributed by atoms with van der Waals surface area (Å²) >= 11 is 5.34. The van der Waals surface area contributed by atoms with Gasteiger partial charge in [0.2, 0.25) is 0 Å². The van der Waals surface area contributed by atoms with Crippen LogP contribution < -0.4 is 15.4 Å². The lowest BCUT2D eigenvalue weighted by Gasteiger charge is -2.18. The third-order valence-corrected chi connectivity index (χ3v) is 5.54. The van der Waals surface area contributed by atoms with Gasteiger partial charge >= 0.3 is 6.18 Å². The minimum Gasteiger partial charge on any atom is -0.489 e. The van der Waals surface area contributed by atoms with Crippen LogP contribution in [0, 0.1) is 0 Å². The van der Waals surface area contributed by atoms with E-state index in [9.17, 15) is 21.6 Å². The average molecular weight is 487 g/mol. The lowest BCUT2D eigenvalue weighted by atomic mass is 10.2. The van der Waals surface area contributed by atoms with Gasteiger partial charge < -0.3 is 19.9 Å². The summed E-state index contributed by atoms with van der Waals surface area (Å²) in [5.74, 6) is 0.372. The molecule has 0 atom stereocenters. The molecule has 0 bridgehead atoms. The summed E-state index contributed by atoms with van der Waals surface area (Å²) in [4.78, 5) is 4.07. The van der Waals surface area contributed by atoms with E-state index in [1.807, 2.05) is 13.8 Å². The number of alkyl halides is 3. The van der Waals surface area contributed by atoms with Crippen molar-refractivity contribution in [2.24, 2.45) is 0 Å². The fourth-order valence-corrected chi connectivity index (χ4v) is 3.88. The van der Waals surface area contributed by atoms with Crippen molar-refractivity contribution < 1.29 is 26.3 Å². The van der Waals surface area contributed by atoms with E-state index in [4.69, 9.17) is 17.0 Å². The molecule has 0 aliphatic heterocycles. The first-order chi connectivity index (χ1) is 14.8. The number of thiocarbonyl (C=S) groups is 1. The first-order valence-corrected chi connectivity index (χ1v) is 11.7. The van der Waals surface area contributed by atoms with Crippen molar-refractivity contribution in [3.63, 3.8) is 0 Å². The molecular weight excluding hydrogens is 465 g/mol. The molecular formula is C20H21F3N4O3S2. The second-order valence-electron chi connectivity index (χ2n) is 7.34. The van der Waals surface area contributed by atoms with Crippen LogP contribution in [-0.2, 0) is 16.4 Å². The predicted octanol–water partition coefficient (Wildman–Crippen LogP) is 4.60. The highest BCUT2D eigenvalue weighted by Crippen LogP contribution is 2.30. The Morgan fingerprint density at radius 1 is 1.19 bits per heavy atom. The molecule has 2 aromatic carbocycles. The molecule has 3 rings (SSSR count). The molecule has 7 nitrogen and oxygen atoms in total. The molecule has 0 unspecified atom stereocenters. The highest BCUT2D eigenvalue weighted by molar-refractivity contribution is 7.90. The zero-order valence-electron chi connectivity index (χ0n) is 17.4. The number of fused-ring (bicyclic) bond motifs is 1. The number of aromatic nitrogens is 2. The number of ether oxygens (including phenoxy) is 1. The Bertz CT molecular complexity index is 1250. The fourth-order valence-electron chi connectivity index (χ4n) is 3.01. The van der Waals surface area contributed by atoms with Crippen molar-refractivity contribution in [2.45, 2.75) is 37.6 Å². The van der Waals surface area contributed by atoms with Crippen molar-refractivity contribution in [2.75, 3.05) is 16.9 Å². The molecule has 0 saturated heterocycles. The molecule has 0 radical (unpaired) electrons. The molecule has 0 spiro atoms. The van der Waals surface area contributed by atoms with E-state index in [-0.39, 0.29) is 21.6 Å². The van der Waals surface area contributed by atoms with E-state index >= 15 is 0 Å². The number of nitrogens with one attached hydrogen (secondary N) is 2. The summed E-state index contributed by atoms with van der Waals surface area (Å²) in [6.45, 7) is 2.42. The second kappa shape index (κ2) is 8.94. The third-order valence-electron chi connectivity index (χ3n) is 4.23. The molecule has 1 heterocycles. The lowest BCUT2D eigenvalue weighted by Crippen LogP contribution is -2.22. The van der Waals surface area contributed by atoms with E-state index in [0.29, 0.717) is 22.6 Å². The van der Waals surface area contributed by atoms with E-state index in [1.165, 1.54) is 18.2 Å². The van der Waals surface area contributed by atoms with E-state index in [1.54, 1.807) is 18.2 Å². The number of hydrogen-bond acceptors (Lipinski definition) is 5. The summed E-state index contributed by atoms with van der Waals surface area (Å²) in [6, 6.07) is 9.12. The summed E-state index contributed by atoms with van der Waals surface area (Å²) in [6.07, 6.45) is -2.42. The van der Waals surface area contributed by atoms with Crippen LogP contribution in [0.3, 0.4) is 0 Å². The number of anilines is 2. The molecule has 0 saturated carbocycles. The summed E-state index contributed by atoms with van der Waals surface area (Å²) in [5.41, 5.74) is 1.21. The Labute approximate surface area is 188 Å². The normalized spacial score (nSPS) is 12.2. The number of sulfone groups is 1. The monoisotopic (exact) mass is 486 g/mol. The van der Waals surface area contributed by atoms with Crippen LogP contribution in [0.5, 0.6) is 5.75 Å². The maximum atomic E-state index is 12.9. The van der Waals surface area contributed by atoms with E-state index in [2.05, 4.69) is 15.6 Å². The minimum atomic E-state index is -4.42. The van der Waals surface area contributed by atoms with Gasteiger partial charge in [-0.25, -0.2) is 13.4 Å². The number of nitrogens with zero attached hydrogens (tertiary/aromatic N) is 2. The van der Waals surface area contributed by atoms with Crippen LogP contribution in [0.25, 0.3) is 11.0 Å². The zero-order valence-corrected chi connectivity index (χ0v) is 19.0. The molecule has 172 valence electrons. The van der Waals surface area contributed by atoms with Crippen molar-refractivity contribution in [3.8, 4) is 5.75 Å². The van der Waals surface area contributed by atoms with Gasteiger partial charge in [-0.2, -0.15) is 13.2 Å². The summed E-state index contributed by atoms with van der Waals surface area (Å²) < 4.78 is 69.4. The Balaban J connectivity index is 1.92. The van der Waals surface area contributed by atoms with Gasteiger partial charge in [-0.1, -0.05) is 6.07 Å². The standard InChI is InChI=1S/C20H21F3N4O3S2/c1-12(2)30-17-8-7-13(32(3,28)29)9-16(17)26-19(31)25-15-6-4-5-14-18(15)27(11-24-14)10-20(21,22)23/h4-9,11-12H,10H2,1-3H3,(H2,25,26,31). The number of benzene rings is 2. The van der Waals surface area contributed by atoms with Crippen LogP contribution in [0.4, 0.5) is 24.5 Å². The minimum absolute atomic E-state index is 0.0384. The molecule has 0 aliphatic carbocycles. The Morgan fingerprint density at radius 2 is 1.88 bits per heavy atom. The molecule has 12 heteroatoms. The summed E-state index contributed by atoms with van der Waals surface area (Å²) in [5, 5.41) is 5.79. The highest BCUT2D eigenvalue weighted by Gasteiger charge is 2.29. The number of hydrogen-bond donors (Lipinski definition) is 2. The highest BCUT2D eigenvalue weighted by atomic mass is 32.2. The molecule has 1 aromatic heterocycles. The van der Waals surface area contributed by atoms with Gasteiger partial charge in [-0.05, 0) is 56.4 Å². The fraction of sp³-hybridized carbons (Fsp3) is 0.300. The van der Waals surface area contributed by atoms with Gasteiger partial charge in [0, 0.05) is 6.26 Å². The number of para-hydroxylation sites is 1. The first kappa shape index (κ1) is 23.8. The quantitative estimate of drug-likeness (QED) is 0.493. The predicted molar refractivity (Wildman–Crippen MR) is 121 cm³/mol. The van der Waals surface area contributed by atoms with Crippen LogP contribution in [-0.4, -0.2) is 41.6 Å². The van der Waals surface area contributed by atoms with Crippen molar-refractivity contribution >= 4 is 49.6 Å². The van der Waals surface area contributed by atoms with Crippen molar-refractivity contribution in [1.29, 1.82) is 0 Å². The van der Waals surface area contributed by atoms with Gasteiger partial charge in [-0.15, -0.1) is 0 Å². The smallest absolute Gasteiger partial charge is 0.406 e. The van der Waals surface area contributed by atoms with Crippen LogP contribution in [0.1, 0.15) is 13.8 Å². The lowest BCUT2D eigenvalue weighted by molar-refractivity contribution is -0.139. The van der Waals surface area contributed by atoms with Crippen molar-refractivity contribution in [1.82, 2.24) is 9.55 Å². The van der Waals surface area contributed by atoms with Crippen LogP contribution in [0.2, 0.25) is 0 Å². The zero-order chi connectivity index (χ0) is 23.7. The van der Waals surface area contributed by atoms with Crippen LogP contribution in [0.15, 0.2) is 47.6 Å².